The van der Waals surface area contributed by atoms with E-state index in [9.17, 15) is 0 Å². The maximum atomic E-state index is 5.94. The van der Waals surface area contributed by atoms with Gasteiger partial charge in [-0.05, 0) is 18.2 Å². The molecule has 0 aliphatic heterocycles. The molecule has 5 heteroatoms. The standard InChI is InChI=1S/C10H14ClN4/c1-15(2,3)7-14-10-6-8(11)4-5-9(10)12-13-14/h4-6H,7H2,1-3H3/q+1. The van der Waals surface area contributed by atoms with Crippen molar-refractivity contribution in [1.82, 2.24) is 15.0 Å². The zero-order valence-corrected chi connectivity index (χ0v) is 9.86. The number of fused-ring (bicyclic) bond motifs is 1. The summed E-state index contributed by atoms with van der Waals surface area (Å²) in [6.45, 7) is 0.775. The molecule has 0 atom stereocenters. The molecule has 2 rings (SSSR count). The molecule has 0 spiro atoms. The van der Waals surface area contributed by atoms with E-state index in [1.54, 1.807) is 0 Å². The van der Waals surface area contributed by atoms with Gasteiger partial charge in [0.15, 0.2) is 6.67 Å². The van der Waals surface area contributed by atoms with Gasteiger partial charge in [-0.1, -0.05) is 16.8 Å². The molecule has 15 heavy (non-hydrogen) atoms. The minimum Gasteiger partial charge on any atom is -0.312 e. The van der Waals surface area contributed by atoms with Crippen molar-refractivity contribution in [3.05, 3.63) is 23.2 Å². The van der Waals surface area contributed by atoms with Crippen LogP contribution in [0.25, 0.3) is 11.0 Å². The summed E-state index contributed by atoms with van der Waals surface area (Å²) in [5, 5.41) is 8.92. The average molecular weight is 226 g/mol. The fraction of sp³-hybridized carbons (Fsp3) is 0.400. The van der Waals surface area contributed by atoms with Crippen LogP contribution >= 0.6 is 11.6 Å². The van der Waals surface area contributed by atoms with E-state index in [0.29, 0.717) is 5.02 Å². The molecule has 1 heterocycles. The topological polar surface area (TPSA) is 30.7 Å². The third-order valence-corrected chi connectivity index (χ3v) is 2.27. The van der Waals surface area contributed by atoms with Crippen LogP contribution in [0.15, 0.2) is 18.2 Å². The number of halogens is 1. The molecule has 0 saturated carbocycles. The number of aromatic nitrogens is 3. The van der Waals surface area contributed by atoms with Crippen LogP contribution in [0.4, 0.5) is 0 Å². The van der Waals surface area contributed by atoms with E-state index in [4.69, 9.17) is 11.6 Å². The largest absolute Gasteiger partial charge is 0.312 e. The summed E-state index contributed by atoms with van der Waals surface area (Å²) in [5.41, 5.74) is 1.86. The van der Waals surface area contributed by atoms with E-state index in [1.165, 1.54) is 0 Å². The third-order valence-electron chi connectivity index (χ3n) is 2.03. The van der Waals surface area contributed by atoms with Crippen molar-refractivity contribution in [2.75, 3.05) is 21.1 Å². The van der Waals surface area contributed by atoms with E-state index < -0.39 is 0 Å². The van der Waals surface area contributed by atoms with E-state index >= 15 is 0 Å². The van der Waals surface area contributed by atoms with Gasteiger partial charge in [-0.2, -0.15) is 4.68 Å². The van der Waals surface area contributed by atoms with Gasteiger partial charge in [0.05, 0.1) is 26.7 Å². The predicted octanol–water partition coefficient (Wildman–Crippen LogP) is 1.75. The third kappa shape index (κ3) is 2.27. The quantitative estimate of drug-likeness (QED) is 0.730. The molecule has 4 nitrogen and oxygen atoms in total. The van der Waals surface area contributed by atoms with Crippen LogP contribution < -0.4 is 0 Å². The molecular weight excluding hydrogens is 212 g/mol. The van der Waals surface area contributed by atoms with E-state index in [-0.39, 0.29) is 0 Å². The molecule has 0 bridgehead atoms. The van der Waals surface area contributed by atoms with Gasteiger partial charge in [-0.15, -0.1) is 5.10 Å². The van der Waals surface area contributed by atoms with E-state index in [0.717, 1.165) is 22.2 Å². The molecule has 80 valence electrons. The van der Waals surface area contributed by atoms with Gasteiger partial charge in [0.25, 0.3) is 0 Å². The maximum absolute atomic E-state index is 5.94. The predicted molar refractivity (Wildman–Crippen MR) is 60.6 cm³/mol. The van der Waals surface area contributed by atoms with Crippen LogP contribution in [-0.2, 0) is 6.67 Å². The number of benzene rings is 1. The van der Waals surface area contributed by atoms with Gasteiger partial charge < -0.3 is 4.48 Å². The van der Waals surface area contributed by atoms with Crippen LogP contribution in [0.1, 0.15) is 0 Å². The lowest BCUT2D eigenvalue weighted by Gasteiger charge is -2.23. The highest BCUT2D eigenvalue weighted by Gasteiger charge is 2.12. The summed E-state index contributed by atoms with van der Waals surface area (Å²) < 4.78 is 2.67. The van der Waals surface area contributed by atoms with Crippen LogP contribution in [0, 0.1) is 0 Å². The van der Waals surface area contributed by atoms with Crippen LogP contribution in [0.5, 0.6) is 0 Å². The molecule has 0 radical (unpaired) electrons. The highest BCUT2D eigenvalue weighted by Crippen LogP contribution is 2.17. The minimum atomic E-state index is 0.715. The number of hydrogen-bond acceptors (Lipinski definition) is 2. The lowest BCUT2D eigenvalue weighted by molar-refractivity contribution is -0.893. The molecule has 2 aromatic rings. The average Bonchev–Trinajstić information content (AvgIpc) is 2.46. The Bertz CT molecular complexity index is 484. The Morgan fingerprint density at radius 3 is 2.73 bits per heavy atom. The first-order valence-electron chi connectivity index (χ1n) is 4.75. The van der Waals surface area contributed by atoms with Gasteiger partial charge in [0.2, 0.25) is 0 Å². The molecule has 0 saturated heterocycles. The Morgan fingerprint density at radius 2 is 2.07 bits per heavy atom. The Hall–Kier alpha value is -1.13. The van der Waals surface area contributed by atoms with Crippen LogP contribution in [0.3, 0.4) is 0 Å². The molecular formula is C10H14ClN4+. The fourth-order valence-electron chi connectivity index (χ4n) is 1.44. The molecule has 1 aromatic heterocycles. The Morgan fingerprint density at radius 1 is 1.33 bits per heavy atom. The Kier molecular flexibility index (Phi) is 2.40. The Balaban J connectivity index is 2.48. The first kappa shape index (κ1) is 10.4. The van der Waals surface area contributed by atoms with Crippen molar-refractivity contribution >= 4 is 22.6 Å². The van der Waals surface area contributed by atoms with Crippen molar-refractivity contribution in [3.8, 4) is 0 Å². The van der Waals surface area contributed by atoms with E-state index in [1.807, 2.05) is 22.9 Å². The lowest BCUT2D eigenvalue weighted by Crippen LogP contribution is -2.36. The zero-order chi connectivity index (χ0) is 11.1. The summed E-state index contributed by atoms with van der Waals surface area (Å²) >= 11 is 5.94. The second-order valence-electron chi connectivity index (χ2n) is 4.65. The number of hydrogen-bond donors (Lipinski definition) is 0. The van der Waals surface area contributed by atoms with Gasteiger partial charge in [-0.3, -0.25) is 0 Å². The van der Waals surface area contributed by atoms with Crippen molar-refractivity contribution in [2.24, 2.45) is 0 Å². The van der Waals surface area contributed by atoms with Crippen LogP contribution in [0.2, 0.25) is 5.02 Å². The Labute approximate surface area is 93.6 Å². The highest BCUT2D eigenvalue weighted by molar-refractivity contribution is 6.31. The molecule has 0 unspecified atom stereocenters. The van der Waals surface area contributed by atoms with Gasteiger partial charge in [-0.25, -0.2) is 0 Å². The molecule has 0 amide bonds. The smallest absolute Gasteiger partial charge is 0.176 e. The van der Waals surface area contributed by atoms with Crippen molar-refractivity contribution in [2.45, 2.75) is 6.67 Å². The van der Waals surface area contributed by atoms with Gasteiger partial charge in [0, 0.05) is 5.02 Å². The summed E-state index contributed by atoms with van der Waals surface area (Å²) in [6.07, 6.45) is 0. The lowest BCUT2D eigenvalue weighted by atomic mass is 10.3. The molecule has 0 N–H and O–H groups in total. The zero-order valence-electron chi connectivity index (χ0n) is 9.11. The maximum Gasteiger partial charge on any atom is 0.176 e. The monoisotopic (exact) mass is 225 g/mol. The summed E-state index contributed by atoms with van der Waals surface area (Å²) in [4.78, 5) is 0. The summed E-state index contributed by atoms with van der Waals surface area (Å²) in [5.74, 6) is 0. The van der Waals surface area contributed by atoms with Crippen molar-refractivity contribution in [1.29, 1.82) is 0 Å². The number of nitrogens with zero attached hydrogens (tertiary/aromatic N) is 4. The number of quaternary nitrogens is 1. The van der Waals surface area contributed by atoms with Crippen molar-refractivity contribution < 1.29 is 4.48 Å². The molecule has 0 fully saturated rings. The first-order chi connectivity index (χ1) is 6.96. The van der Waals surface area contributed by atoms with Gasteiger partial charge in [0.1, 0.15) is 5.52 Å². The van der Waals surface area contributed by atoms with Gasteiger partial charge >= 0.3 is 0 Å². The van der Waals surface area contributed by atoms with E-state index in [2.05, 4.69) is 31.5 Å². The first-order valence-corrected chi connectivity index (χ1v) is 5.13. The summed E-state index contributed by atoms with van der Waals surface area (Å²) in [7, 11) is 6.33. The number of rotatable bonds is 2. The molecule has 0 aliphatic rings. The van der Waals surface area contributed by atoms with Crippen molar-refractivity contribution in [3.63, 3.8) is 0 Å². The second-order valence-corrected chi connectivity index (χ2v) is 5.09. The normalized spacial score (nSPS) is 12.3. The molecule has 1 aromatic carbocycles. The van der Waals surface area contributed by atoms with Crippen LogP contribution in [-0.4, -0.2) is 40.6 Å². The fourth-order valence-corrected chi connectivity index (χ4v) is 1.61. The minimum absolute atomic E-state index is 0.715. The summed E-state index contributed by atoms with van der Waals surface area (Å²) in [6, 6.07) is 5.61. The SMILES string of the molecule is C[N+](C)(C)Cn1nnc2ccc(Cl)cc21. The highest BCUT2D eigenvalue weighted by atomic mass is 35.5. The molecule has 0 aliphatic carbocycles. The second kappa shape index (κ2) is 3.47.